The highest BCUT2D eigenvalue weighted by Crippen LogP contribution is 2.41. The van der Waals surface area contributed by atoms with Crippen LogP contribution in [0.4, 0.5) is 5.82 Å². The molecule has 1 aliphatic heterocycles. The van der Waals surface area contributed by atoms with Crippen LogP contribution >= 0.6 is 34.4 Å². The largest absolute Gasteiger partial charge is 0.454 e. The lowest BCUT2D eigenvalue weighted by Crippen LogP contribution is -2.07. The van der Waals surface area contributed by atoms with Gasteiger partial charge in [-0.3, -0.25) is 0 Å². The van der Waals surface area contributed by atoms with Gasteiger partial charge in [0, 0.05) is 15.0 Å². The number of aryl methyl sites for hydroxylation is 1. The van der Waals surface area contributed by atoms with Gasteiger partial charge < -0.3 is 25.5 Å². The monoisotopic (exact) mass is 470 g/mol. The Morgan fingerprint density at radius 2 is 2.04 bits per heavy atom. The van der Waals surface area contributed by atoms with Crippen molar-refractivity contribution in [3.63, 3.8) is 0 Å². The Bertz CT molecular complexity index is 947. The number of rotatable bonds is 5. The standard InChI is InChI=1S/C15H15IN6O2S/c16-8-4-9-10(24-7-23-9)5-11(8)25-15-21-12-13(18)19-6-20-14(12)22(15)3-1-2-17/h4-6H,1-3,7,17H2,(H2,18,19,20). The molecule has 10 heteroatoms. The van der Waals surface area contributed by atoms with E-state index in [1.807, 2.05) is 16.7 Å². The molecular weight excluding hydrogens is 455 g/mol. The van der Waals surface area contributed by atoms with Gasteiger partial charge in [0.05, 0.1) is 0 Å². The molecular formula is C15H15IN6O2S. The summed E-state index contributed by atoms with van der Waals surface area (Å²) in [5.74, 6) is 1.88. The first-order valence-electron chi connectivity index (χ1n) is 7.61. The third kappa shape index (κ3) is 3.09. The SMILES string of the molecule is NCCCn1c(Sc2cc3c(cc2I)OCO3)nc2c(N)ncnc21. The molecule has 0 fully saturated rings. The summed E-state index contributed by atoms with van der Waals surface area (Å²) in [5, 5.41) is 0.799. The minimum Gasteiger partial charge on any atom is -0.454 e. The van der Waals surface area contributed by atoms with E-state index in [0.717, 1.165) is 37.2 Å². The average Bonchev–Trinajstić information content (AvgIpc) is 3.18. The van der Waals surface area contributed by atoms with Crippen LogP contribution in [0.3, 0.4) is 0 Å². The Labute approximate surface area is 161 Å². The van der Waals surface area contributed by atoms with Crippen LogP contribution < -0.4 is 20.9 Å². The van der Waals surface area contributed by atoms with Crippen molar-refractivity contribution in [3.05, 3.63) is 22.0 Å². The van der Waals surface area contributed by atoms with E-state index in [0.29, 0.717) is 24.4 Å². The zero-order chi connectivity index (χ0) is 17.4. The van der Waals surface area contributed by atoms with Crippen LogP contribution in [0.5, 0.6) is 11.5 Å². The number of nitrogen functional groups attached to an aromatic ring is 1. The lowest BCUT2D eigenvalue weighted by atomic mass is 10.3. The minimum atomic E-state index is 0.251. The Kier molecular flexibility index (Phi) is 4.56. The fraction of sp³-hybridized carbons (Fsp3) is 0.267. The quantitative estimate of drug-likeness (QED) is 0.546. The number of aromatic nitrogens is 4. The normalized spacial score (nSPS) is 12.9. The van der Waals surface area contributed by atoms with Crippen LogP contribution in [0.25, 0.3) is 11.2 Å². The van der Waals surface area contributed by atoms with Gasteiger partial charge in [0.15, 0.2) is 33.6 Å². The minimum absolute atomic E-state index is 0.251. The molecule has 2 aromatic heterocycles. The molecule has 130 valence electrons. The van der Waals surface area contributed by atoms with Crippen molar-refractivity contribution in [3.8, 4) is 11.5 Å². The fourth-order valence-electron chi connectivity index (χ4n) is 2.54. The van der Waals surface area contributed by atoms with E-state index in [2.05, 4.69) is 37.5 Å². The molecule has 25 heavy (non-hydrogen) atoms. The van der Waals surface area contributed by atoms with E-state index in [1.165, 1.54) is 18.1 Å². The number of imidazole rings is 1. The second-order valence-corrected chi connectivity index (χ2v) is 7.53. The summed E-state index contributed by atoms with van der Waals surface area (Å²) in [7, 11) is 0. The number of benzene rings is 1. The number of fused-ring (bicyclic) bond motifs is 2. The third-order valence-corrected chi connectivity index (χ3v) is 6.05. The third-order valence-electron chi connectivity index (χ3n) is 3.74. The fourth-order valence-corrected chi connectivity index (χ4v) is 4.25. The van der Waals surface area contributed by atoms with E-state index in [4.69, 9.17) is 20.9 Å². The van der Waals surface area contributed by atoms with Crippen molar-refractivity contribution >= 4 is 51.3 Å². The van der Waals surface area contributed by atoms with Gasteiger partial charge in [0.1, 0.15) is 6.33 Å². The molecule has 0 atom stereocenters. The molecule has 0 saturated heterocycles. The summed E-state index contributed by atoms with van der Waals surface area (Å²) in [6.45, 7) is 1.56. The predicted octanol–water partition coefficient (Wildman–Crippen LogP) is 2.24. The number of hydrogen-bond donors (Lipinski definition) is 2. The Morgan fingerprint density at radius 1 is 1.24 bits per heavy atom. The van der Waals surface area contributed by atoms with Crippen molar-refractivity contribution < 1.29 is 9.47 Å². The molecule has 4 rings (SSSR count). The van der Waals surface area contributed by atoms with Crippen LogP contribution in [0.2, 0.25) is 0 Å². The zero-order valence-corrected chi connectivity index (χ0v) is 16.1. The van der Waals surface area contributed by atoms with E-state index < -0.39 is 0 Å². The van der Waals surface area contributed by atoms with Crippen molar-refractivity contribution in [2.24, 2.45) is 5.73 Å². The van der Waals surface area contributed by atoms with E-state index in [9.17, 15) is 0 Å². The van der Waals surface area contributed by atoms with Crippen molar-refractivity contribution in [2.45, 2.75) is 23.0 Å². The van der Waals surface area contributed by atoms with E-state index >= 15 is 0 Å². The van der Waals surface area contributed by atoms with Crippen LogP contribution in [0.15, 0.2) is 28.5 Å². The van der Waals surface area contributed by atoms with Crippen molar-refractivity contribution in [2.75, 3.05) is 19.1 Å². The predicted molar refractivity (Wildman–Crippen MR) is 103 cm³/mol. The van der Waals surface area contributed by atoms with Gasteiger partial charge in [0.2, 0.25) is 6.79 Å². The van der Waals surface area contributed by atoms with Crippen LogP contribution in [-0.4, -0.2) is 32.9 Å². The maximum absolute atomic E-state index is 5.97. The highest BCUT2D eigenvalue weighted by molar-refractivity contribution is 14.1. The summed E-state index contributed by atoms with van der Waals surface area (Å²) in [4.78, 5) is 14.1. The maximum Gasteiger partial charge on any atom is 0.231 e. The Balaban J connectivity index is 1.77. The number of halogens is 1. The molecule has 0 bridgehead atoms. The van der Waals surface area contributed by atoms with Crippen molar-refractivity contribution in [1.82, 2.24) is 19.5 Å². The second kappa shape index (κ2) is 6.84. The summed E-state index contributed by atoms with van der Waals surface area (Å²) >= 11 is 3.82. The smallest absolute Gasteiger partial charge is 0.231 e. The van der Waals surface area contributed by atoms with Gasteiger partial charge >= 0.3 is 0 Å². The van der Waals surface area contributed by atoms with Gasteiger partial charge in [0.25, 0.3) is 0 Å². The maximum atomic E-state index is 5.97. The lowest BCUT2D eigenvalue weighted by molar-refractivity contribution is 0.174. The molecule has 1 aliphatic rings. The molecule has 3 aromatic rings. The van der Waals surface area contributed by atoms with Crippen LogP contribution in [0.1, 0.15) is 6.42 Å². The summed E-state index contributed by atoms with van der Waals surface area (Å²) in [5.41, 5.74) is 13.0. The average molecular weight is 470 g/mol. The molecule has 0 radical (unpaired) electrons. The first-order chi connectivity index (χ1) is 12.2. The van der Waals surface area contributed by atoms with Gasteiger partial charge in [-0.05, 0) is 47.7 Å². The highest BCUT2D eigenvalue weighted by Gasteiger charge is 2.20. The Morgan fingerprint density at radius 3 is 2.84 bits per heavy atom. The van der Waals surface area contributed by atoms with Gasteiger partial charge in [-0.15, -0.1) is 0 Å². The number of ether oxygens (including phenoxy) is 2. The van der Waals surface area contributed by atoms with Gasteiger partial charge in [-0.2, -0.15) is 0 Å². The van der Waals surface area contributed by atoms with Gasteiger partial charge in [-0.25, -0.2) is 15.0 Å². The number of nitrogens with two attached hydrogens (primary N) is 2. The van der Waals surface area contributed by atoms with Crippen LogP contribution in [-0.2, 0) is 6.54 Å². The lowest BCUT2D eigenvalue weighted by Gasteiger charge is -2.09. The molecule has 0 unspecified atom stereocenters. The number of nitrogens with zero attached hydrogens (tertiary/aromatic N) is 4. The summed E-state index contributed by atoms with van der Waals surface area (Å²) < 4.78 is 14.0. The molecule has 0 amide bonds. The molecule has 0 saturated carbocycles. The first kappa shape index (κ1) is 16.7. The number of anilines is 1. The van der Waals surface area contributed by atoms with E-state index in [-0.39, 0.29) is 6.79 Å². The second-order valence-electron chi connectivity index (χ2n) is 5.36. The molecule has 0 aliphatic carbocycles. The molecule has 0 spiro atoms. The summed E-state index contributed by atoms with van der Waals surface area (Å²) in [6.07, 6.45) is 2.28. The summed E-state index contributed by atoms with van der Waals surface area (Å²) in [6, 6.07) is 3.93. The zero-order valence-electron chi connectivity index (χ0n) is 13.1. The molecule has 8 nitrogen and oxygen atoms in total. The molecule has 1 aromatic carbocycles. The Hall–Kier alpha value is -1.79. The van der Waals surface area contributed by atoms with E-state index in [1.54, 1.807) is 0 Å². The van der Waals surface area contributed by atoms with Crippen molar-refractivity contribution in [1.29, 1.82) is 0 Å². The molecule has 3 heterocycles. The van der Waals surface area contributed by atoms with Gasteiger partial charge in [-0.1, -0.05) is 11.8 Å². The van der Waals surface area contributed by atoms with Crippen LogP contribution in [0, 0.1) is 3.57 Å². The highest BCUT2D eigenvalue weighted by atomic mass is 127. The topological polar surface area (TPSA) is 114 Å². The first-order valence-corrected chi connectivity index (χ1v) is 9.50. The number of hydrogen-bond acceptors (Lipinski definition) is 8. The molecule has 4 N–H and O–H groups in total.